The number of piperidine rings is 1. The molecule has 5 nitrogen and oxygen atoms in total. The van der Waals surface area contributed by atoms with Gasteiger partial charge >= 0.3 is 0 Å². The van der Waals surface area contributed by atoms with Crippen LogP contribution in [0.4, 0.5) is 0 Å². The Morgan fingerprint density at radius 3 is 3.10 bits per heavy atom. The quantitative estimate of drug-likeness (QED) is 0.850. The number of nitrogens with one attached hydrogen (secondary N) is 1. The molecule has 0 aromatic carbocycles. The number of amides is 1. The zero-order valence-corrected chi connectivity index (χ0v) is 11.8. The van der Waals surface area contributed by atoms with Gasteiger partial charge in [-0.25, -0.2) is 0 Å². The number of nitrogens with two attached hydrogens (primary N) is 1. The highest BCUT2D eigenvalue weighted by Crippen LogP contribution is 2.35. The smallest absolute Gasteiger partial charge is 0.224 e. The summed E-state index contributed by atoms with van der Waals surface area (Å²) in [6.07, 6.45) is 5.72. The van der Waals surface area contributed by atoms with Crippen molar-refractivity contribution in [3.05, 3.63) is 30.1 Å². The average Bonchev–Trinajstić information content (AvgIpc) is 2.83. The molecule has 1 aromatic rings. The number of aromatic nitrogens is 1. The van der Waals surface area contributed by atoms with Crippen LogP contribution in [0, 0.1) is 5.92 Å². The van der Waals surface area contributed by atoms with Crippen molar-refractivity contribution in [2.45, 2.75) is 37.9 Å². The maximum atomic E-state index is 11.9. The van der Waals surface area contributed by atoms with Gasteiger partial charge in [0.2, 0.25) is 5.91 Å². The van der Waals surface area contributed by atoms with Gasteiger partial charge in [0.05, 0.1) is 12.0 Å². The summed E-state index contributed by atoms with van der Waals surface area (Å²) < 4.78 is 0. The number of hydrogen-bond donors (Lipinski definition) is 2. The molecule has 4 unspecified atom stereocenters. The van der Waals surface area contributed by atoms with Crippen LogP contribution in [0.2, 0.25) is 0 Å². The van der Waals surface area contributed by atoms with E-state index >= 15 is 0 Å². The van der Waals surface area contributed by atoms with E-state index in [4.69, 9.17) is 5.73 Å². The highest BCUT2D eigenvalue weighted by Gasteiger charge is 2.44. The van der Waals surface area contributed by atoms with Crippen LogP contribution < -0.4 is 11.1 Å². The number of carbonyl (C=O) groups is 1. The van der Waals surface area contributed by atoms with E-state index in [1.54, 1.807) is 6.20 Å². The van der Waals surface area contributed by atoms with Crippen molar-refractivity contribution in [2.75, 3.05) is 13.1 Å². The van der Waals surface area contributed by atoms with E-state index in [1.165, 1.54) is 0 Å². The molecule has 2 aliphatic rings. The second-order valence-electron chi connectivity index (χ2n) is 5.89. The standard InChI is InChI=1S/C15H22N4O/c1-10(16)14(11-4-2-6-17-8-11)19-7-3-5-12-13(19)9-18-15(12)20/h2,4,6,8,10,12-14H,3,5,7,9,16H2,1H3,(H,18,20). The first-order valence-corrected chi connectivity index (χ1v) is 7.37. The Bertz CT molecular complexity index is 476. The van der Waals surface area contributed by atoms with E-state index in [-0.39, 0.29) is 30.0 Å². The van der Waals surface area contributed by atoms with Gasteiger partial charge < -0.3 is 11.1 Å². The third-order valence-corrected chi connectivity index (χ3v) is 4.53. The Balaban J connectivity index is 1.90. The van der Waals surface area contributed by atoms with Gasteiger partial charge in [-0.15, -0.1) is 0 Å². The largest absolute Gasteiger partial charge is 0.354 e. The minimum atomic E-state index is 0.00801. The molecular weight excluding hydrogens is 252 g/mol. The van der Waals surface area contributed by atoms with Crippen LogP contribution in [-0.4, -0.2) is 41.0 Å². The SMILES string of the molecule is CC(N)C(c1cccnc1)N1CCCC2C(=O)NCC21. The molecule has 0 radical (unpaired) electrons. The number of nitrogens with zero attached hydrogens (tertiary/aromatic N) is 2. The molecule has 0 aliphatic carbocycles. The third-order valence-electron chi connectivity index (χ3n) is 4.53. The lowest BCUT2D eigenvalue weighted by molar-refractivity contribution is -0.124. The summed E-state index contributed by atoms with van der Waals surface area (Å²) in [6.45, 7) is 3.77. The molecule has 2 fully saturated rings. The topological polar surface area (TPSA) is 71.2 Å². The fourth-order valence-corrected chi connectivity index (χ4v) is 3.68. The summed E-state index contributed by atoms with van der Waals surface area (Å²) in [5, 5.41) is 3.00. The van der Waals surface area contributed by atoms with Crippen molar-refractivity contribution >= 4 is 5.91 Å². The number of hydrogen-bond acceptors (Lipinski definition) is 4. The Morgan fingerprint density at radius 2 is 2.40 bits per heavy atom. The number of pyridine rings is 1. The lowest BCUT2D eigenvalue weighted by Gasteiger charge is -2.43. The molecule has 3 heterocycles. The van der Waals surface area contributed by atoms with E-state index in [2.05, 4.69) is 21.3 Å². The maximum absolute atomic E-state index is 11.9. The molecule has 3 N–H and O–H groups in total. The zero-order valence-electron chi connectivity index (χ0n) is 11.8. The molecule has 20 heavy (non-hydrogen) atoms. The van der Waals surface area contributed by atoms with Crippen LogP contribution in [0.3, 0.4) is 0 Å². The van der Waals surface area contributed by atoms with Crippen LogP contribution in [0.1, 0.15) is 31.4 Å². The molecule has 0 spiro atoms. The second-order valence-corrected chi connectivity index (χ2v) is 5.89. The van der Waals surface area contributed by atoms with Gasteiger partial charge in [0.25, 0.3) is 0 Å². The van der Waals surface area contributed by atoms with Crippen molar-refractivity contribution < 1.29 is 4.79 Å². The molecule has 4 atom stereocenters. The van der Waals surface area contributed by atoms with Crippen LogP contribution in [0.25, 0.3) is 0 Å². The van der Waals surface area contributed by atoms with E-state index < -0.39 is 0 Å². The summed E-state index contributed by atoms with van der Waals surface area (Å²) in [4.78, 5) is 18.5. The van der Waals surface area contributed by atoms with Crippen LogP contribution >= 0.6 is 0 Å². The molecule has 108 valence electrons. The first-order valence-electron chi connectivity index (χ1n) is 7.37. The Labute approximate surface area is 119 Å². The molecule has 0 saturated carbocycles. The van der Waals surface area contributed by atoms with Gasteiger partial charge in [0.1, 0.15) is 0 Å². The normalized spacial score (nSPS) is 29.6. The number of likely N-dealkylation sites (tertiary alicyclic amines) is 1. The third kappa shape index (κ3) is 2.31. The maximum Gasteiger partial charge on any atom is 0.224 e. The fourth-order valence-electron chi connectivity index (χ4n) is 3.68. The zero-order chi connectivity index (χ0) is 14.1. The number of rotatable bonds is 3. The molecule has 3 rings (SSSR count). The predicted octanol–water partition coefficient (Wildman–Crippen LogP) is 0.680. The second kappa shape index (κ2) is 5.50. The van der Waals surface area contributed by atoms with Gasteiger partial charge in [-0.3, -0.25) is 14.7 Å². The lowest BCUT2D eigenvalue weighted by atomic mass is 9.87. The van der Waals surface area contributed by atoms with E-state index in [1.807, 2.05) is 19.2 Å². The molecule has 5 heteroatoms. The monoisotopic (exact) mass is 274 g/mol. The van der Waals surface area contributed by atoms with Crippen molar-refractivity contribution in [1.82, 2.24) is 15.2 Å². The van der Waals surface area contributed by atoms with Crippen molar-refractivity contribution in [2.24, 2.45) is 11.7 Å². The van der Waals surface area contributed by atoms with Crippen LogP contribution in [0.5, 0.6) is 0 Å². The minimum Gasteiger partial charge on any atom is -0.354 e. The molecule has 1 aromatic heterocycles. The van der Waals surface area contributed by atoms with Crippen molar-refractivity contribution in [3.8, 4) is 0 Å². The number of fused-ring (bicyclic) bond motifs is 1. The Morgan fingerprint density at radius 1 is 1.55 bits per heavy atom. The number of carbonyl (C=O) groups excluding carboxylic acids is 1. The molecule has 2 saturated heterocycles. The van der Waals surface area contributed by atoms with Crippen molar-refractivity contribution in [1.29, 1.82) is 0 Å². The van der Waals surface area contributed by atoms with Gasteiger partial charge in [-0.2, -0.15) is 0 Å². The summed E-state index contributed by atoms with van der Waals surface area (Å²) in [7, 11) is 0. The fraction of sp³-hybridized carbons (Fsp3) is 0.600. The van der Waals surface area contributed by atoms with E-state index in [0.717, 1.165) is 31.5 Å². The van der Waals surface area contributed by atoms with Gasteiger partial charge in [0.15, 0.2) is 0 Å². The summed E-state index contributed by atoms with van der Waals surface area (Å²) in [5.74, 6) is 0.330. The Kier molecular flexibility index (Phi) is 3.72. The molecular formula is C15H22N4O. The van der Waals surface area contributed by atoms with E-state index in [0.29, 0.717) is 0 Å². The summed E-state index contributed by atoms with van der Waals surface area (Å²) >= 11 is 0. The highest BCUT2D eigenvalue weighted by atomic mass is 16.2. The first-order chi connectivity index (χ1) is 9.68. The van der Waals surface area contributed by atoms with Gasteiger partial charge in [-0.1, -0.05) is 6.07 Å². The van der Waals surface area contributed by atoms with Gasteiger partial charge in [-0.05, 0) is 37.9 Å². The van der Waals surface area contributed by atoms with Crippen LogP contribution in [0.15, 0.2) is 24.5 Å². The minimum absolute atomic E-state index is 0.00801. The molecule has 1 amide bonds. The van der Waals surface area contributed by atoms with Gasteiger partial charge in [0, 0.05) is 31.0 Å². The summed E-state index contributed by atoms with van der Waals surface area (Å²) in [6, 6.07) is 4.43. The molecule has 0 bridgehead atoms. The summed E-state index contributed by atoms with van der Waals surface area (Å²) in [5.41, 5.74) is 7.38. The van der Waals surface area contributed by atoms with E-state index in [9.17, 15) is 4.79 Å². The molecule has 2 aliphatic heterocycles. The average molecular weight is 274 g/mol. The Hall–Kier alpha value is -1.46. The first kappa shape index (κ1) is 13.5. The lowest BCUT2D eigenvalue weighted by Crippen LogP contribution is -2.51. The predicted molar refractivity (Wildman–Crippen MR) is 76.9 cm³/mol. The highest BCUT2D eigenvalue weighted by molar-refractivity contribution is 5.82. The van der Waals surface area contributed by atoms with Crippen LogP contribution in [-0.2, 0) is 4.79 Å². The van der Waals surface area contributed by atoms with Crippen molar-refractivity contribution in [3.63, 3.8) is 0 Å².